The normalized spacial score (nSPS) is 17.2. The largest absolute Gasteiger partial charge is 0.453 e. The zero-order valence-corrected chi connectivity index (χ0v) is 19.0. The van der Waals surface area contributed by atoms with Crippen LogP contribution in [-0.4, -0.2) is 90.3 Å². The standard InChI is InChI=1S/C20H31N3O7S/c1-28-13-11-22(12-14-29-2)19(24)16-5-4-10-23(15-16)31(26,27)18-8-6-17(7-9-18)21-20(25)30-3/h6-9,16H,4-5,10-15H2,1-3H3,(H,21,25)/t16-/m0/s1. The van der Waals surface area contributed by atoms with Crippen LogP contribution in [0.2, 0.25) is 0 Å². The molecule has 0 radical (unpaired) electrons. The molecule has 0 aromatic heterocycles. The summed E-state index contributed by atoms with van der Waals surface area (Å²) in [5, 5.41) is 2.48. The van der Waals surface area contributed by atoms with Crippen LogP contribution < -0.4 is 5.32 Å². The van der Waals surface area contributed by atoms with Crippen LogP contribution in [0.3, 0.4) is 0 Å². The first kappa shape index (κ1) is 25.1. The average molecular weight is 458 g/mol. The Morgan fingerprint density at radius 3 is 2.26 bits per heavy atom. The first-order valence-corrected chi connectivity index (χ1v) is 11.5. The van der Waals surface area contributed by atoms with Crippen molar-refractivity contribution in [1.29, 1.82) is 0 Å². The predicted octanol–water partition coefficient (Wildman–Crippen LogP) is 1.39. The van der Waals surface area contributed by atoms with Gasteiger partial charge in [-0.05, 0) is 37.1 Å². The van der Waals surface area contributed by atoms with Crippen LogP contribution in [0.5, 0.6) is 0 Å². The summed E-state index contributed by atoms with van der Waals surface area (Å²) in [5.41, 5.74) is 0.421. The van der Waals surface area contributed by atoms with Crippen molar-refractivity contribution in [2.75, 3.05) is 66.0 Å². The van der Waals surface area contributed by atoms with E-state index < -0.39 is 22.0 Å². The molecule has 11 heteroatoms. The van der Waals surface area contributed by atoms with Crippen LogP contribution in [0, 0.1) is 5.92 Å². The number of carbonyl (C=O) groups is 2. The van der Waals surface area contributed by atoms with E-state index in [1.807, 2.05) is 0 Å². The van der Waals surface area contributed by atoms with E-state index in [0.717, 1.165) is 0 Å². The molecule has 31 heavy (non-hydrogen) atoms. The summed E-state index contributed by atoms with van der Waals surface area (Å²) < 4.78 is 42.3. The Morgan fingerprint density at radius 2 is 1.71 bits per heavy atom. The number of hydrogen-bond donors (Lipinski definition) is 1. The summed E-state index contributed by atoms with van der Waals surface area (Å²) in [4.78, 5) is 26.1. The van der Waals surface area contributed by atoms with Gasteiger partial charge in [-0.25, -0.2) is 13.2 Å². The average Bonchev–Trinajstić information content (AvgIpc) is 2.79. The Hall–Kier alpha value is -2.21. The molecule has 1 heterocycles. The number of anilines is 1. The van der Waals surface area contributed by atoms with Gasteiger partial charge in [0.25, 0.3) is 0 Å². The van der Waals surface area contributed by atoms with Crippen LogP contribution in [0.4, 0.5) is 10.5 Å². The van der Waals surface area contributed by atoms with Crippen molar-refractivity contribution >= 4 is 27.7 Å². The number of piperidine rings is 1. The number of hydrogen-bond acceptors (Lipinski definition) is 7. The zero-order valence-electron chi connectivity index (χ0n) is 18.2. The topological polar surface area (TPSA) is 114 Å². The minimum Gasteiger partial charge on any atom is -0.453 e. The minimum atomic E-state index is -3.77. The monoisotopic (exact) mass is 457 g/mol. The lowest BCUT2D eigenvalue weighted by Crippen LogP contribution is -2.48. The summed E-state index contributed by atoms with van der Waals surface area (Å²) >= 11 is 0. The molecular weight excluding hydrogens is 426 g/mol. The van der Waals surface area contributed by atoms with E-state index in [1.54, 1.807) is 19.1 Å². The van der Waals surface area contributed by atoms with Gasteiger partial charge in [-0.2, -0.15) is 4.31 Å². The molecule has 1 fully saturated rings. The lowest BCUT2D eigenvalue weighted by Gasteiger charge is -2.34. The van der Waals surface area contributed by atoms with Gasteiger partial charge in [0.1, 0.15) is 0 Å². The molecule has 1 aromatic carbocycles. The molecule has 0 aliphatic carbocycles. The molecule has 0 spiro atoms. The highest BCUT2D eigenvalue weighted by Gasteiger charge is 2.35. The first-order chi connectivity index (χ1) is 14.8. The number of methoxy groups -OCH3 is 3. The van der Waals surface area contributed by atoms with Gasteiger partial charge >= 0.3 is 6.09 Å². The highest BCUT2D eigenvalue weighted by molar-refractivity contribution is 7.89. The van der Waals surface area contributed by atoms with Gasteiger partial charge in [-0.1, -0.05) is 0 Å². The molecule has 1 aliphatic heterocycles. The molecule has 1 aromatic rings. The van der Waals surface area contributed by atoms with Crippen molar-refractivity contribution in [2.24, 2.45) is 5.92 Å². The Morgan fingerprint density at radius 1 is 1.10 bits per heavy atom. The van der Waals surface area contributed by atoms with Gasteiger partial charge < -0.3 is 19.1 Å². The number of amides is 2. The number of carbonyl (C=O) groups excluding carboxylic acids is 2. The molecule has 2 rings (SSSR count). The summed E-state index contributed by atoms with van der Waals surface area (Å²) in [7, 11) is 0.613. The number of ether oxygens (including phenoxy) is 3. The molecule has 174 valence electrons. The van der Waals surface area contributed by atoms with Gasteiger partial charge in [0.05, 0.1) is 31.1 Å². The van der Waals surface area contributed by atoms with Crippen LogP contribution in [-0.2, 0) is 29.0 Å². The van der Waals surface area contributed by atoms with Crippen LogP contribution >= 0.6 is 0 Å². The highest BCUT2D eigenvalue weighted by atomic mass is 32.2. The second kappa shape index (κ2) is 12.0. The fourth-order valence-electron chi connectivity index (χ4n) is 3.38. The molecular formula is C20H31N3O7S. The maximum absolute atomic E-state index is 13.1. The van der Waals surface area contributed by atoms with Crippen molar-refractivity contribution in [1.82, 2.24) is 9.21 Å². The van der Waals surface area contributed by atoms with E-state index in [2.05, 4.69) is 10.1 Å². The second-order valence-corrected chi connectivity index (χ2v) is 9.09. The molecule has 0 saturated carbocycles. The Labute approximate surface area is 183 Å². The van der Waals surface area contributed by atoms with Crippen molar-refractivity contribution in [2.45, 2.75) is 17.7 Å². The van der Waals surface area contributed by atoms with Gasteiger partial charge in [0.2, 0.25) is 15.9 Å². The fourth-order valence-corrected chi connectivity index (χ4v) is 4.91. The lowest BCUT2D eigenvalue weighted by molar-refractivity contribution is -0.138. The van der Waals surface area contributed by atoms with Gasteiger partial charge in [-0.15, -0.1) is 0 Å². The van der Waals surface area contributed by atoms with E-state index in [4.69, 9.17) is 9.47 Å². The van der Waals surface area contributed by atoms with Crippen molar-refractivity contribution < 1.29 is 32.2 Å². The summed E-state index contributed by atoms with van der Waals surface area (Å²) in [6, 6.07) is 5.84. The maximum atomic E-state index is 13.1. The second-order valence-electron chi connectivity index (χ2n) is 7.15. The summed E-state index contributed by atoms with van der Waals surface area (Å²) in [5.74, 6) is -0.510. The SMILES string of the molecule is COCCN(CCOC)C(=O)[C@H]1CCCN(S(=O)(=O)c2ccc(NC(=O)OC)cc2)C1. The molecule has 0 bridgehead atoms. The van der Waals surface area contributed by atoms with Crippen LogP contribution in [0.15, 0.2) is 29.2 Å². The first-order valence-electron chi connectivity index (χ1n) is 10.0. The van der Waals surface area contributed by atoms with E-state index in [-0.39, 0.29) is 17.3 Å². The van der Waals surface area contributed by atoms with Crippen molar-refractivity contribution in [3.05, 3.63) is 24.3 Å². The number of benzene rings is 1. The maximum Gasteiger partial charge on any atom is 0.411 e. The molecule has 1 atom stereocenters. The van der Waals surface area contributed by atoms with Gasteiger partial charge in [0, 0.05) is 46.1 Å². The summed E-state index contributed by atoms with van der Waals surface area (Å²) in [6.07, 6.45) is 0.586. The molecule has 1 aliphatic rings. The third-order valence-electron chi connectivity index (χ3n) is 5.10. The number of rotatable bonds is 10. The lowest BCUT2D eigenvalue weighted by atomic mass is 9.98. The predicted molar refractivity (Wildman–Crippen MR) is 114 cm³/mol. The highest BCUT2D eigenvalue weighted by Crippen LogP contribution is 2.26. The molecule has 1 N–H and O–H groups in total. The third kappa shape index (κ3) is 6.89. The number of nitrogens with one attached hydrogen (secondary N) is 1. The third-order valence-corrected chi connectivity index (χ3v) is 6.98. The van der Waals surface area contributed by atoms with Gasteiger partial charge in [-0.3, -0.25) is 10.1 Å². The number of sulfonamides is 1. The Kier molecular flexibility index (Phi) is 9.69. The van der Waals surface area contributed by atoms with E-state index in [0.29, 0.717) is 51.4 Å². The molecule has 2 amide bonds. The molecule has 10 nitrogen and oxygen atoms in total. The van der Waals surface area contributed by atoms with Crippen molar-refractivity contribution in [3.63, 3.8) is 0 Å². The zero-order chi connectivity index (χ0) is 22.9. The molecule has 0 unspecified atom stereocenters. The molecule has 1 saturated heterocycles. The van der Waals surface area contributed by atoms with Gasteiger partial charge in [0.15, 0.2) is 0 Å². The smallest absolute Gasteiger partial charge is 0.411 e. The van der Waals surface area contributed by atoms with E-state index in [1.165, 1.54) is 35.7 Å². The van der Waals surface area contributed by atoms with Crippen LogP contribution in [0.25, 0.3) is 0 Å². The minimum absolute atomic E-state index is 0.0911. The summed E-state index contributed by atoms with van der Waals surface area (Å²) in [6.45, 7) is 2.13. The van der Waals surface area contributed by atoms with Crippen molar-refractivity contribution in [3.8, 4) is 0 Å². The Bertz CT molecular complexity index is 822. The fraction of sp³-hybridized carbons (Fsp3) is 0.600. The Balaban J connectivity index is 2.10. The van der Waals surface area contributed by atoms with E-state index in [9.17, 15) is 18.0 Å². The van der Waals surface area contributed by atoms with E-state index >= 15 is 0 Å². The quantitative estimate of drug-likeness (QED) is 0.565. The number of nitrogens with zero attached hydrogens (tertiary/aromatic N) is 2. The van der Waals surface area contributed by atoms with Crippen LogP contribution in [0.1, 0.15) is 12.8 Å².